The zero-order valence-electron chi connectivity index (χ0n) is 7.71. The molecule has 2 unspecified atom stereocenters. The largest absolute Gasteiger partial charge is 0.299 e. The van der Waals surface area contributed by atoms with Crippen molar-refractivity contribution in [1.29, 1.82) is 0 Å². The van der Waals surface area contributed by atoms with Crippen LogP contribution in [-0.2, 0) is 4.79 Å². The van der Waals surface area contributed by atoms with Crippen LogP contribution in [0.5, 0.6) is 0 Å². The normalized spacial score (nSPS) is 16.6. The minimum Gasteiger partial charge on any atom is -0.299 e. The van der Waals surface area contributed by atoms with Gasteiger partial charge in [-0.1, -0.05) is 33.3 Å². The molecule has 0 aromatic carbocycles. The van der Waals surface area contributed by atoms with E-state index in [4.69, 9.17) is 0 Å². The summed E-state index contributed by atoms with van der Waals surface area (Å²) in [5, 5.41) is 0. The predicted molar refractivity (Wildman–Crippen MR) is 48.4 cm³/mol. The molecule has 0 aromatic heterocycles. The Morgan fingerprint density at radius 2 is 2.00 bits per heavy atom. The lowest BCUT2D eigenvalue weighted by Crippen LogP contribution is -1.99. The predicted octanol–water partition coefficient (Wildman–Crippen LogP) is 2.81. The molecule has 0 saturated heterocycles. The van der Waals surface area contributed by atoms with E-state index < -0.39 is 0 Å². The van der Waals surface area contributed by atoms with Gasteiger partial charge in [-0.05, 0) is 24.3 Å². The van der Waals surface area contributed by atoms with Gasteiger partial charge in [-0.2, -0.15) is 0 Å². The van der Waals surface area contributed by atoms with Crippen LogP contribution in [-0.4, -0.2) is 6.29 Å². The molecule has 11 heavy (non-hydrogen) atoms. The number of allylic oxidation sites excluding steroid dienone is 2. The van der Waals surface area contributed by atoms with Gasteiger partial charge in [-0.3, -0.25) is 4.79 Å². The van der Waals surface area contributed by atoms with Gasteiger partial charge >= 0.3 is 0 Å². The molecule has 0 rings (SSSR count). The Labute approximate surface area is 69.5 Å². The fraction of sp³-hybridized carbons (Fsp3) is 0.700. The summed E-state index contributed by atoms with van der Waals surface area (Å²) in [5.74, 6) is 1.30. The van der Waals surface area contributed by atoms with Crippen molar-refractivity contribution in [2.45, 2.75) is 33.6 Å². The number of hydrogen-bond acceptors (Lipinski definition) is 1. The average molecular weight is 154 g/mol. The van der Waals surface area contributed by atoms with Gasteiger partial charge in [0.15, 0.2) is 0 Å². The van der Waals surface area contributed by atoms with Crippen molar-refractivity contribution in [1.82, 2.24) is 0 Å². The minimum absolute atomic E-state index is 0.537. The van der Waals surface area contributed by atoms with Crippen LogP contribution in [0.15, 0.2) is 12.2 Å². The number of rotatable bonds is 5. The SMILES string of the molecule is CCC(C)CC(C)C=CC=O. The monoisotopic (exact) mass is 154 g/mol. The summed E-state index contributed by atoms with van der Waals surface area (Å²) in [6, 6.07) is 0. The molecule has 0 aliphatic heterocycles. The highest BCUT2D eigenvalue weighted by atomic mass is 16.1. The Hall–Kier alpha value is -0.590. The summed E-state index contributed by atoms with van der Waals surface area (Å²) in [5.41, 5.74) is 0. The van der Waals surface area contributed by atoms with Gasteiger partial charge in [0.1, 0.15) is 6.29 Å². The molecular weight excluding hydrogens is 136 g/mol. The third-order valence-electron chi connectivity index (χ3n) is 1.99. The van der Waals surface area contributed by atoms with Crippen molar-refractivity contribution in [3.63, 3.8) is 0 Å². The topological polar surface area (TPSA) is 17.1 Å². The molecule has 0 aromatic rings. The van der Waals surface area contributed by atoms with E-state index in [0.717, 1.165) is 12.2 Å². The maximum atomic E-state index is 9.98. The Kier molecular flexibility index (Phi) is 5.81. The number of aldehydes is 1. The number of carbonyl (C=O) groups is 1. The van der Waals surface area contributed by atoms with Gasteiger partial charge in [0, 0.05) is 0 Å². The summed E-state index contributed by atoms with van der Waals surface area (Å²) in [7, 11) is 0. The van der Waals surface area contributed by atoms with E-state index in [1.807, 2.05) is 6.08 Å². The van der Waals surface area contributed by atoms with Crippen LogP contribution in [0.2, 0.25) is 0 Å². The minimum atomic E-state index is 0.537. The standard InChI is InChI=1S/C10H18O/c1-4-9(2)8-10(3)6-5-7-11/h5-7,9-10H,4,8H2,1-3H3. The average Bonchev–Trinajstić information content (AvgIpc) is 2.00. The summed E-state index contributed by atoms with van der Waals surface area (Å²) in [6.07, 6.45) is 6.80. The van der Waals surface area contributed by atoms with Crippen LogP contribution < -0.4 is 0 Å². The molecule has 0 amide bonds. The van der Waals surface area contributed by atoms with E-state index in [1.54, 1.807) is 6.08 Å². The molecule has 1 heteroatoms. The first-order valence-corrected chi connectivity index (χ1v) is 4.32. The van der Waals surface area contributed by atoms with E-state index in [1.165, 1.54) is 12.8 Å². The molecule has 64 valence electrons. The molecule has 0 saturated carbocycles. The maximum absolute atomic E-state index is 9.98. The molecule has 0 aliphatic carbocycles. The first kappa shape index (κ1) is 10.4. The van der Waals surface area contributed by atoms with Gasteiger partial charge in [0.05, 0.1) is 0 Å². The molecular formula is C10H18O. The molecule has 0 aliphatic rings. The fourth-order valence-corrected chi connectivity index (χ4v) is 1.11. The van der Waals surface area contributed by atoms with Crippen molar-refractivity contribution in [2.75, 3.05) is 0 Å². The third kappa shape index (κ3) is 5.84. The number of carbonyl (C=O) groups excluding carboxylic acids is 1. The van der Waals surface area contributed by atoms with Gasteiger partial charge in [0.25, 0.3) is 0 Å². The van der Waals surface area contributed by atoms with Gasteiger partial charge in [-0.25, -0.2) is 0 Å². The maximum Gasteiger partial charge on any atom is 0.142 e. The summed E-state index contributed by atoms with van der Waals surface area (Å²) in [6.45, 7) is 6.58. The summed E-state index contributed by atoms with van der Waals surface area (Å²) < 4.78 is 0. The zero-order chi connectivity index (χ0) is 8.69. The van der Waals surface area contributed by atoms with Crippen molar-refractivity contribution in [3.05, 3.63) is 12.2 Å². The first-order valence-electron chi connectivity index (χ1n) is 4.32. The van der Waals surface area contributed by atoms with Crippen LogP contribution in [0, 0.1) is 11.8 Å². The molecule has 0 fully saturated rings. The van der Waals surface area contributed by atoms with E-state index in [-0.39, 0.29) is 0 Å². The highest BCUT2D eigenvalue weighted by Crippen LogP contribution is 2.15. The molecule has 0 radical (unpaired) electrons. The van der Waals surface area contributed by atoms with Crippen LogP contribution in [0.3, 0.4) is 0 Å². The Morgan fingerprint density at radius 1 is 1.36 bits per heavy atom. The molecule has 0 heterocycles. The van der Waals surface area contributed by atoms with Crippen molar-refractivity contribution >= 4 is 6.29 Å². The van der Waals surface area contributed by atoms with Crippen LogP contribution in [0.25, 0.3) is 0 Å². The van der Waals surface area contributed by atoms with E-state index in [0.29, 0.717) is 5.92 Å². The zero-order valence-corrected chi connectivity index (χ0v) is 7.71. The van der Waals surface area contributed by atoms with Crippen LogP contribution in [0.1, 0.15) is 33.6 Å². The third-order valence-corrected chi connectivity index (χ3v) is 1.99. The van der Waals surface area contributed by atoms with Crippen LogP contribution in [0.4, 0.5) is 0 Å². The molecule has 0 N–H and O–H groups in total. The Bertz CT molecular complexity index is 127. The summed E-state index contributed by atoms with van der Waals surface area (Å²) in [4.78, 5) is 9.98. The van der Waals surface area contributed by atoms with Crippen molar-refractivity contribution in [2.24, 2.45) is 11.8 Å². The highest BCUT2D eigenvalue weighted by molar-refractivity contribution is 5.64. The molecule has 0 spiro atoms. The molecule has 0 bridgehead atoms. The Balaban J connectivity index is 3.58. The van der Waals surface area contributed by atoms with Crippen molar-refractivity contribution < 1.29 is 4.79 Å². The van der Waals surface area contributed by atoms with Gasteiger partial charge in [0.2, 0.25) is 0 Å². The highest BCUT2D eigenvalue weighted by Gasteiger charge is 2.02. The molecule has 2 atom stereocenters. The first-order chi connectivity index (χ1) is 5.20. The second-order valence-corrected chi connectivity index (χ2v) is 3.25. The van der Waals surface area contributed by atoms with E-state index in [9.17, 15) is 4.79 Å². The second kappa shape index (κ2) is 6.14. The summed E-state index contributed by atoms with van der Waals surface area (Å²) >= 11 is 0. The second-order valence-electron chi connectivity index (χ2n) is 3.25. The van der Waals surface area contributed by atoms with Gasteiger partial charge in [-0.15, -0.1) is 0 Å². The number of hydrogen-bond donors (Lipinski definition) is 0. The van der Waals surface area contributed by atoms with Crippen molar-refractivity contribution in [3.8, 4) is 0 Å². The fourth-order valence-electron chi connectivity index (χ4n) is 1.11. The van der Waals surface area contributed by atoms with Gasteiger partial charge < -0.3 is 0 Å². The van der Waals surface area contributed by atoms with Crippen LogP contribution >= 0.6 is 0 Å². The molecule has 1 nitrogen and oxygen atoms in total. The van der Waals surface area contributed by atoms with E-state index >= 15 is 0 Å². The Morgan fingerprint density at radius 3 is 2.45 bits per heavy atom. The smallest absolute Gasteiger partial charge is 0.142 e. The lowest BCUT2D eigenvalue weighted by Gasteiger charge is -2.11. The lowest BCUT2D eigenvalue weighted by molar-refractivity contribution is -0.104. The van der Waals surface area contributed by atoms with E-state index in [2.05, 4.69) is 20.8 Å². The lowest BCUT2D eigenvalue weighted by atomic mass is 9.95. The quantitative estimate of drug-likeness (QED) is 0.439.